The fourth-order valence-electron chi connectivity index (χ4n) is 2.83. The molecule has 18 heavy (non-hydrogen) atoms. The summed E-state index contributed by atoms with van der Waals surface area (Å²) >= 11 is 1.91. The standard InChI is InChI=1S/C16H25NS/c1-12-6-8-15(9-7-12)18-11-16(17)14-5-3-4-13(2)10-14/h6-9,13-14,16H,3-5,10-11,17H2,1-2H3. The number of hydrogen-bond acceptors (Lipinski definition) is 2. The van der Waals surface area contributed by atoms with Crippen molar-refractivity contribution in [2.45, 2.75) is 50.5 Å². The summed E-state index contributed by atoms with van der Waals surface area (Å²) in [6.45, 7) is 4.50. The SMILES string of the molecule is Cc1ccc(SCC(N)C2CCCC(C)C2)cc1. The quantitative estimate of drug-likeness (QED) is 0.822. The third-order valence-corrected chi connectivity index (χ3v) is 5.20. The van der Waals surface area contributed by atoms with Gasteiger partial charge in [-0.25, -0.2) is 0 Å². The van der Waals surface area contributed by atoms with E-state index in [0.29, 0.717) is 6.04 Å². The van der Waals surface area contributed by atoms with Crippen LogP contribution in [-0.2, 0) is 0 Å². The molecule has 0 spiro atoms. The van der Waals surface area contributed by atoms with Crippen molar-refractivity contribution in [2.24, 2.45) is 17.6 Å². The van der Waals surface area contributed by atoms with Crippen LogP contribution in [0.15, 0.2) is 29.2 Å². The average molecular weight is 263 g/mol. The van der Waals surface area contributed by atoms with E-state index in [1.807, 2.05) is 11.8 Å². The van der Waals surface area contributed by atoms with Crippen LogP contribution in [0.2, 0.25) is 0 Å². The smallest absolute Gasteiger partial charge is 0.0162 e. The number of nitrogens with two attached hydrogens (primary N) is 1. The Morgan fingerprint density at radius 2 is 2.00 bits per heavy atom. The average Bonchev–Trinajstić information content (AvgIpc) is 2.38. The van der Waals surface area contributed by atoms with Gasteiger partial charge in [0, 0.05) is 16.7 Å². The van der Waals surface area contributed by atoms with Gasteiger partial charge in [-0.05, 0) is 43.7 Å². The molecule has 3 atom stereocenters. The van der Waals surface area contributed by atoms with Crippen LogP contribution in [0.4, 0.5) is 0 Å². The molecule has 100 valence electrons. The van der Waals surface area contributed by atoms with Gasteiger partial charge >= 0.3 is 0 Å². The van der Waals surface area contributed by atoms with Crippen molar-refractivity contribution in [1.29, 1.82) is 0 Å². The van der Waals surface area contributed by atoms with E-state index >= 15 is 0 Å². The fraction of sp³-hybridized carbons (Fsp3) is 0.625. The zero-order chi connectivity index (χ0) is 13.0. The minimum atomic E-state index is 0.360. The molecule has 0 aromatic heterocycles. The number of rotatable bonds is 4. The molecule has 0 amide bonds. The van der Waals surface area contributed by atoms with E-state index in [4.69, 9.17) is 5.73 Å². The Morgan fingerprint density at radius 1 is 1.28 bits per heavy atom. The molecule has 3 unspecified atom stereocenters. The molecule has 1 aromatic carbocycles. The Bertz CT molecular complexity index is 360. The summed E-state index contributed by atoms with van der Waals surface area (Å²) < 4.78 is 0. The number of aryl methyl sites for hydroxylation is 1. The molecule has 2 heteroatoms. The van der Waals surface area contributed by atoms with Crippen molar-refractivity contribution in [1.82, 2.24) is 0 Å². The van der Waals surface area contributed by atoms with Crippen LogP contribution in [0.5, 0.6) is 0 Å². The summed E-state index contributed by atoms with van der Waals surface area (Å²) in [6, 6.07) is 9.12. The molecule has 0 saturated heterocycles. The Hall–Kier alpha value is -0.470. The Morgan fingerprint density at radius 3 is 2.67 bits per heavy atom. The van der Waals surface area contributed by atoms with Gasteiger partial charge < -0.3 is 5.73 Å². The van der Waals surface area contributed by atoms with Gasteiger partial charge in [0.1, 0.15) is 0 Å². The monoisotopic (exact) mass is 263 g/mol. The van der Waals surface area contributed by atoms with Crippen molar-refractivity contribution in [3.05, 3.63) is 29.8 Å². The van der Waals surface area contributed by atoms with Crippen LogP contribution >= 0.6 is 11.8 Å². The predicted octanol–water partition coefficient (Wildman–Crippen LogP) is 4.24. The Kier molecular flexibility index (Phi) is 5.13. The lowest BCUT2D eigenvalue weighted by molar-refractivity contribution is 0.256. The van der Waals surface area contributed by atoms with Crippen molar-refractivity contribution in [2.75, 3.05) is 5.75 Å². The van der Waals surface area contributed by atoms with Crippen molar-refractivity contribution >= 4 is 11.8 Å². The summed E-state index contributed by atoms with van der Waals surface area (Å²) in [6.07, 6.45) is 5.43. The highest BCUT2D eigenvalue weighted by Crippen LogP contribution is 2.32. The molecule has 1 nitrogen and oxygen atoms in total. The molecule has 1 aliphatic carbocycles. The molecule has 1 fully saturated rings. The van der Waals surface area contributed by atoms with Gasteiger partial charge in [-0.3, -0.25) is 0 Å². The normalized spacial score (nSPS) is 25.9. The number of hydrogen-bond donors (Lipinski definition) is 1. The fourth-order valence-corrected chi connectivity index (χ4v) is 3.82. The van der Waals surface area contributed by atoms with Crippen LogP contribution in [0.3, 0.4) is 0 Å². The first-order chi connectivity index (χ1) is 8.65. The Balaban J connectivity index is 1.80. The van der Waals surface area contributed by atoms with Gasteiger partial charge in [0.05, 0.1) is 0 Å². The molecule has 0 aliphatic heterocycles. The number of thioether (sulfide) groups is 1. The molecule has 2 N–H and O–H groups in total. The first-order valence-electron chi connectivity index (χ1n) is 7.10. The Labute approximate surface area is 116 Å². The van der Waals surface area contributed by atoms with Gasteiger partial charge in [-0.1, -0.05) is 37.5 Å². The molecule has 0 bridgehead atoms. The summed E-state index contributed by atoms with van der Waals surface area (Å²) in [5, 5.41) is 0. The highest BCUT2D eigenvalue weighted by Gasteiger charge is 2.24. The summed E-state index contributed by atoms with van der Waals surface area (Å²) in [7, 11) is 0. The maximum Gasteiger partial charge on any atom is 0.0162 e. The van der Waals surface area contributed by atoms with E-state index in [0.717, 1.165) is 17.6 Å². The van der Waals surface area contributed by atoms with Crippen molar-refractivity contribution < 1.29 is 0 Å². The van der Waals surface area contributed by atoms with Gasteiger partial charge in [-0.2, -0.15) is 0 Å². The van der Waals surface area contributed by atoms with Crippen molar-refractivity contribution in [3.8, 4) is 0 Å². The van der Waals surface area contributed by atoms with Gasteiger partial charge in [0.25, 0.3) is 0 Å². The van der Waals surface area contributed by atoms with Gasteiger partial charge in [0.2, 0.25) is 0 Å². The highest BCUT2D eigenvalue weighted by atomic mass is 32.2. The molecule has 1 aromatic rings. The van der Waals surface area contributed by atoms with E-state index in [2.05, 4.69) is 38.1 Å². The minimum Gasteiger partial charge on any atom is -0.327 e. The van der Waals surface area contributed by atoms with Crippen LogP contribution in [0, 0.1) is 18.8 Å². The predicted molar refractivity (Wildman–Crippen MR) is 81.0 cm³/mol. The first kappa shape index (κ1) is 14.0. The van der Waals surface area contributed by atoms with E-state index in [9.17, 15) is 0 Å². The van der Waals surface area contributed by atoms with Crippen molar-refractivity contribution in [3.63, 3.8) is 0 Å². The largest absolute Gasteiger partial charge is 0.327 e. The maximum atomic E-state index is 6.37. The number of benzene rings is 1. The first-order valence-corrected chi connectivity index (χ1v) is 8.09. The van der Waals surface area contributed by atoms with Crippen LogP contribution in [0.1, 0.15) is 38.2 Å². The van der Waals surface area contributed by atoms with E-state index in [1.165, 1.54) is 36.1 Å². The molecule has 0 radical (unpaired) electrons. The van der Waals surface area contributed by atoms with Crippen LogP contribution < -0.4 is 5.73 Å². The minimum absolute atomic E-state index is 0.360. The molecule has 1 saturated carbocycles. The topological polar surface area (TPSA) is 26.0 Å². The maximum absolute atomic E-state index is 6.37. The van der Waals surface area contributed by atoms with Crippen LogP contribution in [0.25, 0.3) is 0 Å². The zero-order valence-corrected chi connectivity index (χ0v) is 12.4. The van der Waals surface area contributed by atoms with E-state index in [-0.39, 0.29) is 0 Å². The third-order valence-electron chi connectivity index (χ3n) is 4.05. The second-order valence-corrected chi connectivity index (χ2v) is 6.91. The second kappa shape index (κ2) is 6.63. The highest BCUT2D eigenvalue weighted by molar-refractivity contribution is 7.99. The van der Waals surface area contributed by atoms with Gasteiger partial charge in [0.15, 0.2) is 0 Å². The molecule has 2 rings (SSSR count). The molecule has 0 heterocycles. The second-order valence-electron chi connectivity index (χ2n) is 5.82. The van der Waals surface area contributed by atoms with E-state index in [1.54, 1.807) is 0 Å². The summed E-state index contributed by atoms with van der Waals surface area (Å²) in [5.74, 6) is 2.67. The van der Waals surface area contributed by atoms with E-state index < -0.39 is 0 Å². The summed E-state index contributed by atoms with van der Waals surface area (Å²) in [4.78, 5) is 1.35. The zero-order valence-electron chi connectivity index (χ0n) is 11.6. The lowest BCUT2D eigenvalue weighted by Crippen LogP contribution is -2.35. The third kappa shape index (κ3) is 4.03. The molecular weight excluding hydrogens is 238 g/mol. The summed E-state index contributed by atoms with van der Waals surface area (Å²) in [5.41, 5.74) is 7.69. The van der Waals surface area contributed by atoms with Crippen LogP contribution in [-0.4, -0.2) is 11.8 Å². The lowest BCUT2D eigenvalue weighted by atomic mass is 9.79. The molecular formula is C16H25NS. The van der Waals surface area contributed by atoms with Gasteiger partial charge in [-0.15, -0.1) is 11.8 Å². The molecule has 1 aliphatic rings. The lowest BCUT2D eigenvalue weighted by Gasteiger charge is -2.31.